The second-order valence-electron chi connectivity index (χ2n) is 39.7. The molecule has 0 spiro atoms. The van der Waals surface area contributed by atoms with Gasteiger partial charge in [-0.15, -0.1) is 0 Å². The van der Waals surface area contributed by atoms with Crippen LogP contribution >= 0.6 is 188 Å². The van der Waals surface area contributed by atoms with Crippen molar-refractivity contribution in [2.75, 3.05) is 150 Å². The smallest absolute Gasteiger partial charge is 0.306 e. The lowest BCUT2D eigenvalue weighted by atomic mass is 10.2. The molecule has 0 aliphatic heterocycles. The minimum Gasteiger partial charge on any atom is -0.469 e. The zero-order chi connectivity index (χ0) is 111. The summed E-state index contributed by atoms with van der Waals surface area (Å²) in [5.74, 6) is 7.99. The van der Waals surface area contributed by atoms with E-state index in [4.69, 9.17) is 234 Å². The molecule has 0 aromatic carbocycles. The second-order valence-corrected chi connectivity index (χ2v) is 109. The number of ketones is 1. The zero-order valence-electron chi connectivity index (χ0n) is 92.5. The van der Waals surface area contributed by atoms with Crippen molar-refractivity contribution in [2.45, 2.75) is 323 Å². The number of Topliss-reactive ketones (excluding diaryl/α,β-unsaturated/α-hetero) is 1. The Hall–Kier alpha value is 9.26. The van der Waals surface area contributed by atoms with Gasteiger partial charge in [0.1, 0.15) is 5.78 Å². The molecule has 25 nitrogen and oxygen atoms in total. The van der Waals surface area contributed by atoms with Crippen LogP contribution in [0.3, 0.4) is 0 Å². The Kier molecular flexibility index (Phi) is 88.3. The largest absolute Gasteiger partial charge is 0.469 e. The van der Waals surface area contributed by atoms with Crippen LogP contribution in [-0.4, -0.2) is 222 Å². The van der Waals surface area contributed by atoms with Gasteiger partial charge >= 0.3 is 5.97 Å². The summed E-state index contributed by atoms with van der Waals surface area (Å²) in [5, 5.41) is 0. The van der Waals surface area contributed by atoms with E-state index in [2.05, 4.69) is 166 Å². The maximum atomic E-state index is 12.5. The number of ether oxygens (including phenoxy) is 1. The molecule has 0 bridgehead atoms. The normalized spacial score (nSPS) is 17.2. The van der Waals surface area contributed by atoms with Crippen LogP contribution in [0.1, 0.15) is 262 Å². The lowest BCUT2D eigenvalue weighted by molar-refractivity contribution is -0.140. The third kappa shape index (κ3) is 84.3. The highest BCUT2D eigenvalue weighted by Gasteiger charge is 2.39. The van der Waals surface area contributed by atoms with Crippen LogP contribution in [0.5, 0.6) is 0 Å². The fourth-order valence-electron chi connectivity index (χ4n) is 8.91. The van der Waals surface area contributed by atoms with Crippen LogP contribution in [0, 0.1) is 71.0 Å². The van der Waals surface area contributed by atoms with Crippen molar-refractivity contribution in [1.82, 2.24) is 0 Å². The van der Waals surface area contributed by atoms with Gasteiger partial charge in [-0.05, 0) is 284 Å². The fourth-order valence-corrected chi connectivity index (χ4v) is 64.8. The van der Waals surface area contributed by atoms with E-state index < -0.39 is 99.3 Å². The van der Waals surface area contributed by atoms with Crippen LogP contribution in [0.2, 0.25) is 0 Å². The van der Waals surface area contributed by atoms with Crippen molar-refractivity contribution in [2.24, 2.45) is 71.0 Å². The van der Waals surface area contributed by atoms with Gasteiger partial charge in [0.25, 0.3) is 0 Å². The minimum absolute atomic E-state index is 0.0939. The second kappa shape index (κ2) is 81.9. The highest BCUT2D eigenvalue weighted by atomic mass is 33.0. The Morgan fingerprint density at radius 3 is 0.444 bits per heavy atom. The molecule has 0 saturated heterocycles. The molecule has 0 fully saturated rings. The monoisotopic (exact) mass is 2660 g/mol. The van der Waals surface area contributed by atoms with Gasteiger partial charge in [-0.1, -0.05) is 291 Å². The first kappa shape index (κ1) is 155. The molecule has 58 heteroatoms. The van der Waals surface area contributed by atoms with E-state index in [9.17, 15) is 9.59 Å². The molecule has 0 radical (unpaired) electrons. The maximum Gasteiger partial charge on any atom is 0.306 e. The molecule has 0 saturated carbocycles. The molecule has 0 aliphatic rings. The fraction of sp³-hybridized carbons (Fsp3) is 0.977. The van der Waals surface area contributed by atoms with Gasteiger partial charge in [-0.3, -0.25) is 9.59 Å². The molecular weight excluding hydrogens is 2480 g/mol. The van der Waals surface area contributed by atoms with Crippen LogP contribution in [-0.2, 0) is 244 Å². The Morgan fingerprint density at radius 1 is 0.194 bits per heavy atom. The quantitative estimate of drug-likeness (QED) is 0.0405. The molecule has 0 heterocycles. The number of hydrogen-bond acceptors (Lipinski definition) is 47. The summed E-state index contributed by atoms with van der Waals surface area (Å²) in [5.41, 5.74) is -31.5. The summed E-state index contributed by atoms with van der Waals surface area (Å²) < 4.78 is 147. The summed E-state index contributed by atoms with van der Waals surface area (Å²) >= 11 is 83.4. The van der Waals surface area contributed by atoms with Crippen LogP contribution in [0.4, 0.5) is 0 Å². The molecule has 864 valence electrons. The van der Waals surface area contributed by atoms with Crippen molar-refractivity contribution in [3.8, 4) is 0 Å². The standard InChI is InChI=1S/C54H115O16P7S14.C32H68O9P4S8/c1-40(2)26-57-71(78,58-27-41(3)4)86-34-48(17)67-76(83,68-49(18)35-87-72(79,59-28-42(5)6)60-29-43(7)8)90-38-52(21)65-75(82,85-25-24-54(55)56-23)66-53(22)39-91-77(84,69-50(19)36-88-73(80,61-30-44(9)10)62-31-45(11)12)70-51(20)37-89-74(81,63-32-46(13)14)64-33-47(15)16;1-24(2)17-34-42(46,35-18-25(3)4)51-21-30(12)40-45(49,41-31(13)22-52-43(47,36-19-26(5)6)37-20-27(7)8)53-23-32(14)39-44(48,38-28(9)10)50-16-15-29(11)33/h40-53H,24-39H2,1-23H3;24-28,30-32H,15-23H2,1-14H3. The molecule has 0 N–H and O–H groups in total. The predicted molar refractivity (Wildman–Crippen MR) is 687 cm³/mol. The van der Waals surface area contributed by atoms with Gasteiger partial charge in [0.15, 0.2) is 0 Å². The minimum atomic E-state index is -3.25. The molecule has 0 aromatic rings. The van der Waals surface area contributed by atoms with E-state index in [1.807, 2.05) is 76.2 Å². The van der Waals surface area contributed by atoms with E-state index in [0.29, 0.717) is 173 Å². The van der Waals surface area contributed by atoms with Gasteiger partial charge in [0, 0.05) is 69.7 Å². The maximum absolute atomic E-state index is 12.5. The highest BCUT2D eigenvalue weighted by molar-refractivity contribution is 8.72. The topological polar surface area (TPSA) is 246 Å². The van der Waals surface area contributed by atoms with E-state index in [-0.39, 0.29) is 89.9 Å². The first-order valence-electron chi connectivity index (χ1n) is 49.0. The zero-order valence-corrected chi connectivity index (χ0v) is 120. The molecule has 0 aliphatic carbocycles. The van der Waals surface area contributed by atoms with Crippen molar-refractivity contribution in [3.63, 3.8) is 0 Å². The van der Waals surface area contributed by atoms with Crippen LogP contribution in [0.25, 0.3) is 0 Å². The van der Waals surface area contributed by atoms with Gasteiger partial charge in [0.05, 0.1) is 154 Å². The third-order valence-electron chi connectivity index (χ3n) is 15.6. The number of hydrogen-bond donors (Lipinski definition) is 0. The van der Waals surface area contributed by atoms with E-state index in [1.165, 1.54) is 132 Å². The van der Waals surface area contributed by atoms with Crippen molar-refractivity contribution < 1.29 is 114 Å². The Balaban J connectivity index is 0. The van der Waals surface area contributed by atoms with Crippen LogP contribution < -0.4 is 0 Å². The first-order chi connectivity index (χ1) is 66.2. The molecule has 10 atom stereocenters. The Morgan fingerprint density at radius 2 is 0.319 bits per heavy atom. The summed E-state index contributed by atoms with van der Waals surface area (Å²) in [6.07, 6.45) is -3.26. The van der Waals surface area contributed by atoms with Gasteiger partial charge in [-0.2, -0.15) is 0 Å². The average Bonchev–Trinajstić information content (AvgIpc) is 0.841. The summed E-state index contributed by atoms with van der Waals surface area (Å²) in [4.78, 5) is 24.1. The highest BCUT2D eigenvalue weighted by Crippen LogP contribution is 2.73. The average molecular weight is 2660 g/mol. The van der Waals surface area contributed by atoms with Crippen LogP contribution in [0.15, 0.2) is 0 Å². The summed E-state index contributed by atoms with van der Waals surface area (Å²) in [6, 6.07) is 0. The third-order valence-corrected chi connectivity index (χ3v) is 76.0. The number of esters is 1. The molecular formula is C86H183O25P11S22. The van der Waals surface area contributed by atoms with Gasteiger partial charge < -0.3 is 104 Å². The Bertz CT molecular complexity index is 3640. The predicted octanol–water partition coefficient (Wildman–Crippen LogP) is 35.2. The van der Waals surface area contributed by atoms with Crippen molar-refractivity contribution in [1.29, 1.82) is 0 Å². The molecule has 0 rings (SSSR count). The number of carbonyl (C=O) groups excluding carboxylic acids is 2. The lowest BCUT2D eigenvalue weighted by Gasteiger charge is -2.32. The molecule has 0 amide bonds. The van der Waals surface area contributed by atoms with E-state index in [0.717, 1.165) is 0 Å². The van der Waals surface area contributed by atoms with Crippen molar-refractivity contribution >= 4 is 329 Å². The van der Waals surface area contributed by atoms with Gasteiger partial charge in [-0.25, -0.2) is 0 Å². The van der Waals surface area contributed by atoms with E-state index in [1.54, 1.807) is 6.92 Å². The number of carbonyl (C=O) groups is 2. The van der Waals surface area contributed by atoms with E-state index >= 15 is 0 Å². The SMILES string of the molecule is CC(=O)CCSP(=S)(OC(C)C)OC(C)CSP(=S)(OC(C)CSP(=S)(OCC(C)C)OCC(C)C)OC(C)CSP(=S)(OCC(C)C)OCC(C)C.COC(=O)CCSP(=S)(OC(C)CSP(=S)(OC(C)CSP(=S)(OCC(C)C)OCC(C)C)OC(C)CSP(=S)(OCC(C)C)OCC(C)C)OC(C)CSP(=S)(OC(C)CSP(=S)(OCC(C)C)OCC(C)C)OC(C)CSP(=S)(OCC(C)C)OCC(C)C. The number of methoxy groups -OCH3 is 1. The lowest BCUT2D eigenvalue weighted by Crippen LogP contribution is -2.18. The molecule has 144 heavy (non-hydrogen) atoms. The summed E-state index contributed by atoms with van der Waals surface area (Å²) in [6.45, 7) is 79.0. The summed E-state index contributed by atoms with van der Waals surface area (Å²) in [7, 11) is 1.36. The molecule has 0 aromatic heterocycles. The number of rotatable bonds is 91. The Labute approximate surface area is 976 Å². The first-order valence-corrected chi connectivity index (χ1v) is 95.6. The van der Waals surface area contributed by atoms with Crippen molar-refractivity contribution in [3.05, 3.63) is 0 Å². The van der Waals surface area contributed by atoms with Gasteiger partial charge in [0.2, 0.25) is 62.6 Å². The molecule has 10 unspecified atom stereocenters.